The Labute approximate surface area is 205 Å². The van der Waals surface area contributed by atoms with Crippen molar-refractivity contribution in [3.05, 3.63) is 66.6 Å². The van der Waals surface area contributed by atoms with Crippen molar-refractivity contribution in [1.82, 2.24) is 35.1 Å². The second-order valence-electron chi connectivity index (χ2n) is 8.60. The van der Waals surface area contributed by atoms with E-state index in [0.29, 0.717) is 11.5 Å². The Morgan fingerprint density at radius 1 is 0.943 bits per heavy atom. The van der Waals surface area contributed by atoms with Crippen LogP contribution < -0.4 is 4.90 Å². The van der Waals surface area contributed by atoms with Crippen molar-refractivity contribution in [1.29, 1.82) is 0 Å². The zero-order valence-electron chi connectivity index (χ0n) is 19.5. The lowest BCUT2D eigenvalue weighted by molar-refractivity contribution is 1.10. The van der Waals surface area contributed by atoms with Crippen LogP contribution in [0.2, 0.25) is 0 Å². The second-order valence-corrected chi connectivity index (χ2v) is 9.69. The molecule has 0 atom stereocenters. The number of aromatic nitrogens is 7. The van der Waals surface area contributed by atoms with Gasteiger partial charge in [-0.3, -0.25) is 15.1 Å². The Morgan fingerprint density at radius 3 is 2.60 bits per heavy atom. The normalized spacial score (nSPS) is 11.4. The van der Waals surface area contributed by atoms with Gasteiger partial charge in [-0.05, 0) is 42.8 Å². The average molecular weight is 479 g/mol. The van der Waals surface area contributed by atoms with Crippen LogP contribution in [0.3, 0.4) is 0 Å². The van der Waals surface area contributed by atoms with Gasteiger partial charge in [-0.2, -0.15) is 5.10 Å². The number of aromatic amines is 2. The molecular formula is C26H22N8S. The quantitative estimate of drug-likeness (QED) is 0.326. The van der Waals surface area contributed by atoms with E-state index < -0.39 is 0 Å². The first-order valence-corrected chi connectivity index (χ1v) is 11.9. The lowest BCUT2D eigenvalue weighted by Crippen LogP contribution is -2.08. The summed E-state index contributed by atoms with van der Waals surface area (Å²) >= 11 is 1.68. The molecular weight excluding hydrogens is 456 g/mol. The van der Waals surface area contributed by atoms with Crippen LogP contribution in [-0.4, -0.2) is 49.2 Å². The number of nitrogens with zero attached hydrogens (tertiary/aromatic N) is 6. The fourth-order valence-electron chi connectivity index (χ4n) is 3.97. The minimum absolute atomic E-state index is 0.641. The van der Waals surface area contributed by atoms with Gasteiger partial charge in [0, 0.05) is 47.4 Å². The van der Waals surface area contributed by atoms with Crippen LogP contribution in [0, 0.1) is 0 Å². The first-order chi connectivity index (χ1) is 17.0. The van der Waals surface area contributed by atoms with Gasteiger partial charge < -0.3 is 9.88 Å². The lowest BCUT2D eigenvalue weighted by atomic mass is 10.1. The predicted octanol–water partition coefficient (Wildman–Crippen LogP) is 5.79. The van der Waals surface area contributed by atoms with Gasteiger partial charge in [0.15, 0.2) is 11.5 Å². The number of H-pyrrole nitrogens is 2. The fourth-order valence-corrected chi connectivity index (χ4v) is 4.92. The zero-order chi connectivity index (χ0) is 24.1. The molecule has 0 aliphatic heterocycles. The molecule has 0 bridgehead atoms. The third kappa shape index (κ3) is 3.66. The first kappa shape index (κ1) is 21.2. The van der Waals surface area contributed by atoms with Crippen LogP contribution >= 0.6 is 11.3 Å². The van der Waals surface area contributed by atoms with Crippen LogP contribution in [0.25, 0.3) is 60.9 Å². The largest absolute Gasteiger partial charge is 0.376 e. The van der Waals surface area contributed by atoms with Crippen LogP contribution in [0.4, 0.5) is 5.69 Å². The molecule has 0 fully saturated rings. The van der Waals surface area contributed by atoms with Crippen LogP contribution in [0.15, 0.2) is 61.7 Å². The molecule has 6 aromatic rings. The molecule has 0 unspecified atom stereocenters. The molecule has 8 nitrogen and oxygen atoms in total. The lowest BCUT2D eigenvalue weighted by Gasteiger charge is -2.12. The molecule has 2 N–H and O–H groups in total. The molecule has 0 aliphatic carbocycles. The molecule has 9 heteroatoms. The first-order valence-electron chi connectivity index (χ1n) is 11.1. The SMILES string of the molecule is C=C(C)c1ccc(-c2cncc3[nH]c(-c4n[nH]c5ccc(-c6cncc(N(C)C)c6)nc45)nc23)s1. The number of fused-ring (bicyclic) bond motifs is 2. The minimum atomic E-state index is 0.641. The molecule has 0 amide bonds. The van der Waals surface area contributed by atoms with E-state index in [0.717, 1.165) is 59.9 Å². The van der Waals surface area contributed by atoms with Crippen molar-refractivity contribution < 1.29 is 0 Å². The van der Waals surface area contributed by atoms with Crippen molar-refractivity contribution in [2.75, 3.05) is 19.0 Å². The summed E-state index contributed by atoms with van der Waals surface area (Å²) in [5.74, 6) is 0.641. The van der Waals surface area contributed by atoms with Crippen LogP contribution in [0.5, 0.6) is 0 Å². The summed E-state index contributed by atoms with van der Waals surface area (Å²) in [5.41, 5.74) is 8.72. The van der Waals surface area contributed by atoms with Gasteiger partial charge in [0.05, 0.1) is 34.8 Å². The Hall–Kier alpha value is -4.37. The molecule has 172 valence electrons. The maximum absolute atomic E-state index is 4.92. The maximum Gasteiger partial charge on any atom is 0.161 e. The van der Waals surface area contributed by atoms with Crippen molar-refractivity contribution in [2.45, 2.75) is 6.92 Å². The highest BCUT2D eigenvalue weighted by molar-refractivity contribution is 7.16. The van der Waals surface area contributed by atoms with Gasteiger partial charge in [0.2, 0.25) is 0 Å². The van der Waals surface area contributed by atoms with Crippen molar-refractivity contribution >= 4 is 44.7 Å². The highest BCUT2D eigenvalue weighted by Gasteiger charge is 2.18. The fraction of sp³-hybridized carbons (Fsp3) is 0.115. The zero-order valence-corrected chi connectivity index (χ0v) is 20.3. The van der Waals surface area contributed by atoms with Crippen LogP contribution in [-0.2, 0) is 0 Å². The summed E-state index contributed by atoms with van der Waals surface area (Å²) in [5, 5.41) is 7.62. The summed E-state index contributed by atoms with van der Waals surface area (Å²) in [6, 6.07) is 10.2. The number of anilines is 1. The molecule has 35 heavy (non-hydrogen) atoms. The predicted molar refractivity (Wildman–Crippen MR) is 142 cm³/mol. The summed E-state index contributed by atoms with van der Waals surface area (Å²) in [6.07, 6.45) is 7.29. The molecule has 6 aromatic heterocycles. The molecule has 6 rings (SSSR count). The van der Waals surface area contributed by atoms with Gasteiger partial charge in [-0.15, -0.1) is 11.3 Å². The highest BCUT2D eigenvalue weighted by atomic mass is 32.1. The van der Waals surface area contributed by atoms with E-state index in [1.54, 1.807) is 17.5 Å². The third-order valence-electron chi connectivity index (χ3n) is 5.85. The summed E-state index contributed by atoms with van der Waals surface area (Å²) < 4.78 is 0. The highest BCUT2D eigenvalue weighted by Crippen LogP contribution is 2.36. The number of imidazole rings is 1. The van der Waals surface area contributed by atoms with E-state index in [2.05, 4.69) is 49.9 Å². The number of pyridine rings is 3. The smallest absolute Gasteiger partial charge is 0.161 e. The molecule has 0 saturated carbocycles. The monoisotopic (exact) mass is 478 g/mol. The topological polar surface area (TPSA) is 99.3 Å². The van der Waals surface area contributed by atoms with E-state index in [4.69, 9.17) is 9.97 Å². The van der Waals surface area contributed by atoms with Gasteiger partial charge in [-0.25, -0.2) is 9.97 Å². The molecule has 6 heterocycles. The third-order valence-corrected chi connectivity index (χ3v) is 7.13. The van der Waals surface area contributed by atoms with E-state index >= 15 is 0 Å². The molecule has 0 spiro atoms. The maximum atomic E-state index is 4.92. The second kappa shape index (κ2) is 8.14. The molecule has 0 saturated heterocycles. The molecule has 0 radical (unpaired) electrons. The van der Waals surface area contributed by atoms with E-state index in [1.165, 1.54) is 0 Å². The molecule has 0 aromatic carbocycles. The summed E-state index contributed by atoms with van der Waals surface area (Å²) in [6.45, 7) is 6.06. The standard InChI is InChI=1S/C26H22N8S/c1-14(2)21-7-8-22(35-21)17-12-28-13-20-23(17)31-26(30-20)25-24-19(32-33-25)6-5-18(29-24)15-9-16(34(3)4)11-27-10-15/h5-13H,1H2,2-4H3,(H,30,31)(H,32,33). The van der Waals surface area contributed by atoms with Crippen molar-refractivity contribution in [2.24, 2.45) is 0 Å². The van der Waals surface area contributed by atoms with E-state index in [-0.39, 0.29) is 0 Å². The Balaban J connectivity index is 1.46. The number of thiophene rings is 1. The van der Waals surface area contributed by atoms with Crippen molar-refractivity contribution in [3.63, 3.8) is 0 Å². The number of allylic oxidation sites excluding steroid dienone is 1. The number of nitrogens with one attached hydrogen (secondary N) is 2. The van der Waals surface area contributed by atoms with Gasteiger partial charge in [-0.1, -0.05) is 6.58 Å². The Bertz CT molecular complexity index is 1720. The average Bonchev–Trinajstić information content (AvgIpc) is 3.61. The number of rotatable bonds is 5. The van der Waals surface area contributed by atoms with Gasteiger partial charge >= 0.3 is 0 Å². The minimum Gasteiger partial charge on any atom is -0.376 e. The van der Waals surface area contributed by atoms with E-state index in [1.807, 2.05) is 56.6 Å². The van der Waals surface area contributed by atoms with Gasteiger partial charge in [0.25, 0.3) is 0 Å². The Morgan fingerprint density at radius 2 is 1.80 bits per heavy atom. The molecule has 0 aliphatic rings. The number of hydrogen-bond donors (Lipinski definition) is 2. The Kier molecular flexibility index (Phi) is 4.93. The van der Waals surface area contributed by atoms with E-state index in [9.17, 15) is 0 Å². The summed E-state index contributed by atoms with van der Waals surface area (Å²) in [4.78, 5) is 26.3. The van der Waals surface area contributed by atoms with Crippen molar-refractivity contribution in [3.8, 4) is 33.2 Å². The van der Waals surface area contributed by atoms with Crippen LogP contribution in [0.1, 0.15) is 11.8 Å². The number of hydrogen-bond acceptors (Lipinski definition) is 7. The van der Waals surface area contributed by atoms with Gasteiger partial charge in [0.1, 0.15) is 11.0 Å². The summed E-state index contributed by atoms with van der Waals surface area (Å²) in [7, 11) is 3.98.